The highest BCUT2D eigenvalue weighted by atomic mass is 16.5. The first-order valence-electron chi connectivity index (χ1n) is 34.1. The van der Waals surface area contributed by atoms with Crippen LogP contribution in [-0.2, 0) is 76.5 Å². The van der Waals surface area contributed by atoms with Crippen LogP contribution in [0.4, 0.5) is 0 Å². The quantitative estimate of drug-likeness (QED) is 0.0308. The molecule has 0 aromatic carbocycles. The Morgan fingerprint density at radius 1 is 0.341 bits per heavy atom. The third-order valence-corrected chi connectivity index (χ3v) is 15.3. The minimum Gasteiger partial charge on any atom is -0.481 e. The van der Waals surface area contributed by atoms with Crippen LogP contribution in [0.1, 0.15) is 277 Å². The zero-order valence-corrected chi connectivity index (χ0v) is 55.6. The molecule has 23 nitrogen and oxygen atoms in total. The molecule has 0 fully saturated rings. The van der Waals surface area contributed by atoms with E-state index in [0.717, 1.165) is 96.3 Å². The van der Waals surface area contributed by atoms with Crippen LogP contribution in [0.25, 0.3) is 0 Å². The SMILES string of the molecule is CC(=O)CCN(CC(=O)O)C(=O)CCCCCCCCCCCCCCCCCCC(=O)O.CC(=O)CC[C@H](CC(=O)COCCOCCCC(=O)COCCOCCNC(=O)CC[C@H](CC(=O)CCCCCCCCCCCCCCC(=O)O)C(=O)O)C(=O)O. The van der Waals surface area contributed by atoms with Crippen molar-refractivity contribution in [3.63, 3.8) is 0 Å². The van der Waals surface area contributed by atoms with Crippen LogP contribution in [0, 0.1) is 11.8 Å². The molecular weight excluding hydrogens is 1180 g/mol. The fourth-order valence-electron chi connectivity index (χ4n) is 9.92. The van der Waals surface area contributed by atoms with E-state index in [-0.39, 0.29) is 164 Å². The van der Waals surface area contributed by atoms with Gasteiger partial charge >= 0.3 is 29.8 Å². The predicted octanol–water partition coefficient (Wildman–Crippen LogP) is 11.5. The first kappa shape index (κ1) is 87.5. The average Bonchev–Trinajstić information content (AvgIpc) is 3.57. The van der Waals surface area contributed by atoms with Gasteiger partial charge in [-0.15, -0.1) is 0 Å². The molecule has 0 aliphatic carbocycles. The van der Waals surface area contributed by atoms with Crippen molar-refractivity contribution < 1.29 is 102 Å². The highest BCUT2D eigenvalue weighted by molar-refractivity contribution is 5.86. The molecule has 91 heavy (non-hydrogen) atoms. The minimum atomic E-state index is -1.12. The van der Waals surface area contributed by atoms with Gasteiger partial charge in [0.25, 0.3) is 0 Å². The van der Waals surface area contributed by atoms with E-state index >= 15 is 0 Å². The Hall–Kier alpha value is -5.52. The Kier molecular flexibility index (Phi) is 60.8. The summed E-state index contributed by atoms with van der Waals surface area (Å²) in [5, 5.41) is 47.6. The smallest absolute Gasteiger partial charge is 0.323 e. The molecule has 0 aromatic heterocycles. The summed E-state index contributed by atoms with van der Waals surface area (Å²) in [5.41, 5.74) is 0. The van der Waals surface area contributed by atoms with Crippen molar-refractivity contribution in [3.8, 4) is 0 Å². The van der Waals surface area contributed by atoms with Gasteiger partial charge in [0.1, 0.15) is 37.1 Å². The lowest BCUT2D eigenvalue weighted by molar-refractivity contribution is -0.145. The fourth-order valence-corrected chi connectivity index (χ4v) is 9.92. The third kappa shape index (κ3) is 65.8. The topological polar surface area (TPSA) is 358 Å². The molecule has 0 aromatic rings. The van der Waals surface area contributed by atoms with Crippen LogP contribution in [0.3, 0.4) is 0 Å². The molecule has 2 amide bonds. The number of ketones is 5. The first-order chi connectivity index (χ1) is 43.6. The number of aliphatic carboxylic acids is 5. The average molecular weight is 1300 g/mol. The molecule has 0 saturated heterocycles. The normalized spacial score (nSPS) is 11.7. The molecule has 0 aliphatic rings. The minimum absolute atomic E-state index is 0.0126. The monoisotopic (exact) mass is 1300 g/mol. The number of carboxylic acid groups (broad SMARTS) is 5. The number of carbonyl (C=O) groups excluding carboxylic acids is 7. The summed E-state index contributed by atoms with van der Waals surface area (Å²) in [4.78, 5) is 139. The van der Waals surface area contributed by atoms with Gasteiger partial charge in [-0.25, -0.2) is 0 Å². The summed E-state index contributed by atoms with van der Waals surface area (Å²) in [6, 6.07) is 0. The van der Waals surface area contributed by atoms with Gasteiger partial charge in [0.15, 0.2) is 11.6 Å². The van der Waals surface area contributed by atoms with Gasteiger partial charge in [0.05, 0.1) is 44.9 Å². The Labute approximate surface area is 542 Å². The zero-order chi connectivity index (χ0) is 68.0. The van der Waals surface area contributed by atoms with E-state index in [1.807, 2.05) is 0 Å². The molecule has 0 radical (unpaired) electrons. The molecule has 2 atom stereocenters. The number of hydrogen-bond donors (Lipinski definition) is 6. The van der Waals surface area contributed by atoms with E-state index in [1.54, 1.807) is 0 Å². The van der Waals surface area contributed by atoms with Gasteiger partial charge in [-0.3, -0.25) is 52.7 Å². The van der Waals surface area contributed by atoms with E-state index in [1.165, 1.54) is 102 Å². The number of rotatable bonds is 68. The van der Waals surface area contributed by atoms with E-state index < -0.39 is 41.7 Å². The van der Waals surface area contributed by atoms with Gasteiger partial charge in [-0.2, -0.15) is 0 Å². The van der Waals surface area contributed by atoms with Crippen molar-refractivity contribution in [2.45, 2.75) is 277 Å². The number of nitrogens with zero attached hydrogens (tertiary/aromatic N) is 1. The molecule has 0 saturated carbocycles. The van der Waals surface area contributed by atoms with Crippen LogP contribution in [0.5, 0.6) is 0 Å². The number of hydrogen-bond acceptors (Lipinski definition) is 16. The number of nitrogens with one attached hydrogen (secondary N) is 1. The number of carboxylic acids is 5. The van der Waals surface area contributed by atoms with Gasteiger partial charge in [-0.05, 0) is 58.8 Å². The number of Topliss-reactive ketones (excluding diaryl/α,β-unsaturated/α-hetero) is 5. The highest BCUT2D eigenvalue weighted by Crippen LogP contribution is 2.19. The number of amides is 2. The van der Waals surface area contributed by atoms with E-state index in [2.05, 4.69) is 5.32 Å². The summed E-state index contributed by atoms with van der Waals surface area (Å²) in [7, 11) is 0. The molecule has 0 aliphatic heterocycles. The molecular formula is C68H118N2O21. The Morgan fingerprint density at radius 3 is 1.10 bits per heavy atom. The molecule has 0 spiro atoms. The van der Waals surface area contributed by atoms with Crippen molar-refractivity contribution in [2.75, 3.05) is 72.5 Å². The van der Waals surface area contributed by atoms with E-state index in [9.17, 15) is 67.7 Å². The first-order valence-corrected chi connectivity index (χ1v) is 34.1. The maximum Gasteiger partial charge on any atom is 0.323 e. The van der Waals surface area contributed by atoms with Gasteiger partial charge < -0.3 is 59.5 Å². The second kappa shape index (κ2) is 63.2. The zero-order valence-electron chi connectivity index (χ0n) is 55.6. The predicted molar refractivity (Wildman–Crippen MR) is 344 cm³/mol. The molecule has 23 heteroatoms. The van der Waals surface area contributed by atoms with Gasteiger partial charge in [0, 0.05) is 83.9 Å². The lowest BCUT2D eigenvalue weighted by Crippen LogP contribution is -2.36. The van der Waals surface area contributed by atoms with Crippen LogP contribution in [0.15, 0.2) is 0 Å². The highest BCUT2D eigenvalue weighted by Gasteiger charge is 2.23. The van der Waals surface area contributed by atoms with Crippen LogP contribution >= 0.6 is 0 Å². The van der Waals surface area contributed by atoms with Crippen molar-refractivity contribution in [2.24, 2.45) is 11.8 Å². The Bertz CT molecular complexity index is 2000. The number of unbranched alkanes of at least 4 members (excludes halogenated alkanes) is 26. The van der Waals surface area contributed by atoms with E-state index in [4.69, 9.17) is 34.3 Å². The van der Waals surface area contributed by atoms with Gasteiger partial charge in [0.2, 0.25) is 11.8 Å². The molecule has 526 valence electrons. The van der Waals surface area contributed by atoms with Gasteiger partial charge in [-0.1, -0.05) is 154 Å². The van der Waals surface area contributed by atoms with Crippen molar-refractivity contribution >= 4 is 70.6 Å². The van der Waals surface area contributed by atoms with Crippen LogP contribution in [-0.4, -0.2) is 173 Å². The van der Waals surface area contributed by atoms with Crippen molar-refractivity contribution in [3.05, 3.63) is 0 Å². The number of ether oxygens (including phenoxy) is 4. The molecule has 0 rings (SSSR count). The largest absolute Gasteiger partial charge is 0.481 e. The summed E-state index contributed by atoms with van der Waals surface area (Å²) in [6.07, 6.45) is 33.2. The molecule has 6 N–H and O–H groups in total. The second-order valence-corrected chi connectivity index (χ2v) is 24.0. The van der Waals surface area contributed by atoms with E-state index in [0.29, 0.717) is 32.3 Å². The fraction of sp³-hybridized carbons (Fsp3) is 0.824. The summed E-state index contributed by atoms with van der Waals surface area (Å²) >= 11 is 0. The number of carbonyl (C=O) groups is 12. The second-order valence-electron chi connectivity index (χ2n) is 24.0. The Morgan fingerprint density at radius 2 is 0.692 bits per heavy atom. The standard InChI is InChI=1S/C42H71NO15.C26H47NO6/c1-33(44)18-19-34(41(51)52)30-38(47)32-58-27-25-55-23-14-16-37(46)31-57-28-26-56-24-22-43-39(48)21-20-35(42(53)54)29-36(45)15-12-10-8-6-4-2-3-5-7-9-11-13-17-40(49)50;1-23(28)20-21-27(22-26(32)33)24(29)18-16-14-12-10-8-6-4-2-3-5-7-9-11-13-15-17-19-25(30)31/h34-35H,2-32H2,1H3,(H,43,48)(H,49,50)(H,51,52)(H,53,54);2-22H2,1H3,(H,30,31)(H,32,33)/t34-,35-;/m1./s1. The summed E-state index contributed by atoms with van der Waals surface area (Å²) < 4.78 is 21.3. The van der Waals surface area contributed by atoms with Crippen molar-refractivity contribution in [1.82, 2.24) is 10.2 Å². The summed E-state index contributed by atoms with van der Waals surface area (Å²) in [5.74, 6) is -7.71. The third-order valence-electron chi connectivity index (χ3n) is 15.3. The van der Waals surface area contributed by atoms with Crippen LogP contribution < -0.4 is 5.32 Å². The van der Waals surface area contributed by atoms with Crippen molar-refractivity contribution in [1.29, 1.82) is 0 Å². The van der Waals surface area contributed by atoms with Crippen LogP contribution in [0.2, 0.25) is 0 Å². The maximum atomic E-state index is 12.4. The maximum absolute atomic E-state index is 12.4. The molecule has 0 heterocycles. The Balaban J connectivity index is 0. The molecule has 0 unspecified atom stereocenters. The lowest BCUT2D eigenvalue weighted by Gasteiger charge is -2.20. The lowest BCUT2D eigenvalue weighted by atomic mass is 9.94. The summed E-state index contributed by atoms with van der Waals surface area (Å²) in [6.45, 7) is 3.84. The molecule has 0 bridgehead atoms.